The number of carboxylic acids is 1. The van der Waals surface area contributed by atoms with Gasteiger partial charge in [-0.2, -0.15) is 0 Å². The Balaban J connectivity index is 3.05. The molecule has 0 spiro atoms. The molecule has 1 rings (SSSR count). The first-order valence-electron chi connectivity index (χ1n) is 5.48. The van der Waals surface area contributed by atoms with Crippen molar-refractivity contribution in [2.75, 3.05) is 6.61 Å². The summed E-state index contributed by atoms with van der Waals surface area (Å²) in [5, 5.41) is 9.18. The lowest BCUT2D eigenvalue weighted by Crippen LogP contribution is -2.18. The van der Waals surface area contributed by atoms with Gasteiger partial charge in [0, 0.05) is 6.61 Å². The maximum atomic E-state index is 11.2. The second kappa shape index (κ2) is 5.66. The van der Waals surface area contributed by atoms with Crippen LogP contribution in [0.15, 0.2) is 18.2 Å². The average molecular weight is 222 g/mol. The largest absolute Gasteiger partial charge is 0.479 e. The van der Waals surface area contributed by atoms with Crippen molar-refractivity contribution in [3.63, 3.8) is 0 Å². The Kier molecular flexibility index (Phi) is 4.50. The Morgan fingerprint density at radius 3 is 2.38 bits per heavy atom. The quantitative estimate of drug-likeness (QED) is 0.833. The number of carboxylic acid groups (broad SMARTS) is 1. The molecule has 16 heavy (non-hydrogen) atoms. The van der Waals surface area contributed by atoms with E-state index in [2.05, 4.69) is 0 Å². The molecule has 3 nitrogen and oxygen atoms in total. The highest BCUT2D eigenvalue weighted by molar-refractivity contribution is 5.75. The molecule has 88 valence electrons. The van der Waals surface area contributed by atoms with Crippen LogP contribution in [-0.2, 0) is 9.53 Å². The lowest BCUT2D eigenvalue weighted by atomic mass is 9.98. The maximum absolute atomic E-state index is 11.2. The van der Waals surface area contributed by atoms with Gasteiger partial charge in [0.15, 0.2) is 6.10 Å². The summed E-state index contributed by atoms with van der Waals surface area (Å²) in [7, 11) is 0. The molecule has 0 bridgehead atoms. The predicted molar refractivity (Wildman–Crippen MR) is 62.5 cm³/mol. The zero-order chi connectivity index (χ0) is 12.1. The molecule has 1 aromatic carbocycles. The van der Waals surface area contributed by atoms with E-state index < -0.39 is 12.1 Å². The zero-order valence-electron chi connectivity index (χ0n) is 9.99. The van der Waals surface area contributed by atoms with E-state index in [1.165, 1.54) is 0 Å². The molecule has 0 saturated carbocycles. The monoisotopic (exact) mass is 222 g/mol. The summed E-state index contributed by atoms with van der Waals surface area (Å²) in [6, 6.07) is 5.74. The summed E-state index contributed by atoms with van der Waals surface area (Å²) in [5.41, 5.74) is 2.70. The first-order valence-corrected chi connectivity index (χ1v) is 5.48. The van der Waals surface area contributed by atoms with Crippen LogP contribution in [-0.4, -0.2) is 17.7 Å². The average Bonchev–Trinajstić information content (AvgIpc) is 2.21. The fourth-order valence-electron chi connectivity index (χ4n) is 1.75. The van der Waals surface area contributed by atoms with Gasteiger partial charge in [-0.1, -0.05) is 25.1 Å². The van der Waals surface area contributed by atoms with Crippen LogP contribution < -0.4 is 0 Å². The molecule has 0 aliphatic rings. The Morgan fingerprint density at radius 1 is 1.38 bits per heavy atom. The van der Waals surface area contributed by atoms with Crippen molar-refractivity contribution < 1.29 is 14.6 Å². The van der Waals surface area contributed by atoms with Crippen LogP contribution in [0.5, 0.6) is 0 Å². The van der Waals surface area contributed by atoms with E-state index in [9.17, 15) is 9.90 Å². The minimum absolute atomic E-state index is 0.463. The predicted octanol–water partition coefficient (Wildman–Crippen LogP) is 2.86. The molecule has 0 aliphatic carbocycles. The number of aliphatic carboxylic acids is 1. The number of hydrogen-bond acceptors (Lipinski definition) is 2. The lowest BCUT2D eigenvalue weighted by molar-refractivity contribution is -0.151. The fourth-order valence-corrected chi connectivity index (χ4v) is 1.75. The molecule has 1 atom stereocenters. The van der Waals surface area contributed by atoms with Crippen LogP contribution in [0.3, 0.4) is 0 Å². The van der Waals surface area contributed by atoms with Crippen molar-refractivity contribution in [2.24, 2.45) is 0 Å². The summed E-state index contributed by atoms with van der Waals surface area (Å²) in [4.78, 5) is 11.2. The molecule has 0 amide bonds. The third kappa shape index (κ3) is 2.83. The first kappa shape index (κ1) is 12.7. The highest BCUT2D eigenvalue weighted by Crippen LogP contribution is 2.25. The molecular weight excluding hydrogens is 204 g/mol. The van der Waals surface area contributed by atoms with Crippen LogP contribution in [0.25, 0.3) is 0 Å². The van der Waals surface area contributed by atoms with E-state index >= 15 is 0 Å². The normalized spacial score (nSPS) is 12.4. The standard InChI is InChI=1S/C13H18O3/c1-4-8-16-12(13(14)15)11-9(2)6-5-7-10(11)3/h5-7,12H,4,8H2,1-3H3,(H,14,15). The summed E-state index contributed by atoms with van der Waals surface area (Å²) < 4.78 is 5.40. The van der Waals surface area contributed by atoms with Gasteiger partial charge in [0.1, 0.15) is 0 Å². The van der Waals surface area contributed by atoms with Gasteiger partial charge in [0.05, 0.1) is 0 Å². The van der Waals surface area contributed by atoms with E-state index in [4.69, 9.17) is 4.74 Å². The molecule has 0 fully saturated rings. The highest BCUT2D eigenvalue weighted by atomic mass is 16.5. The van der Waals surface area contributed by atoms with E-state index in [1.54, 1.807) is 0 Å². The van der Waals surface area contributed by atoms with Crippen LogP contribution in [0.1, 0.15) is 36.1 Å². The number of aryl methyl sites for hydroxylation is 2. The zero-order valence-corrected chi connectivity index (χ0v) is 9.99. The van der Waals surface area contributed by atoms with Crippen LogP contribution in [0, 0.1) is 13.8 Å². The van der Waals surface area contributed by atoms with E-state index in [-0.39, 0.29) is 0 Å². The van der Waals surface area contributed by atoms with Crippen LogP contribution in [0.4, 0.5) is 0 Å². The molecule has 0 radical (unpaired) electrons. The van der Waals surface area contributed by atoms with Gasteiger partial charge in [0.2, 0.25) is 0 Å². The molecule has 1 unspecified atom stereocenters. The Labute approximate surface area is 96.1 Å². The van der Waals surface area contributed by atoms with Crippen molar-refractivity contribution in [1.82, 2.24) is 0 Å². The molecular formula is C13H18O3. The third-order valence-corrected chi connectivity index (χ3v) is 2.52. The summed E-state index contributed by atoms with van der Waals surface area (Å²) in [5.74, 6) is -0.925. The molecule has 1 N–H and O–H groups in total. The smallest absolute Gasteiger partial charge is 0.337 e. The number of rotatable bonds is 5. The van der Waals surface area contributed by atoms with Gasteiger partial charge in [-0.15, -0.1) is 0 Å². The molecule has 0 heterocycles. The summed E-state index contributed by atoms with van der Waals surface area (Å²) in [6.45, 7) is 6.25. The van der Waals surface area contributed by atoms with Crippen LogP contribution >= 0.6 is 0 Å². The highest BCUT2D eigenvalue weighted by Gasteiger charge is 2.23. The van der Waals surface area contributed by atoms with E-state index in [1.807, 2.05) is 39.0 Å². The van der Waals surface area contributed by atoms with Gasteiger partial charge in [-0.05, 0) is 37.0 Å². The fraction of sp³-hybridized carbons (Fsp3) is 0.462. The van der Waals surface area contributed by atoms with Crippen molar-refractivity contribution >= 4 is 5.97 Å². The molecule has 3 heteroatoms. The molecule has 0 aromatic heterocycles. The second-order valence-electron chi connectivity index (χ2n) is 3.89. The lowest BCUT2D eigenvalue weighted by Gasteiger charge is -2.18. The van der Waals surface area contributed by atoms with Crippen molar-refractivity contribution in [2.45, 2.75) is 33.3 Å². The number of carbonyl (C=O) groups is 1. The molecule has 0 aliphatic heterocycles. The Morgan fingerprint density at radius 2 is 1.94 bits per heavy atom. The van der Waals surface area contributed by atoms with Crippen LogP contribution in [0.2, 0.25) is 0 Å². The topological polar surface area (TPSA) is 46.5 Å². The van der Waals surface area contributed by atoms with Gasteiger partial charge in [-0.25, -0.2) is 4.79 Å². The second-order valence-corrected chi connectivity index (χ2v) is 3.89. The molecule has 1 aromatic rings. The third-order valence-electron chi connectivity index (χ3n) is 2.52. The number of benzene rings is 1. The van der Waals surface area contributed by atoms with Crippen molar-refractivity contribution in [3.05, 3.63) is 34.9 Å². The van der Waals surface area contributed by atoms with Gasteiger partial charge >= 0.3 is 5.97 Å². The molecule has 0 saturated heterocycles. The maximum Gasteiger partial charge on any atom is 0.337 e. The first-order chi connectivity index (χ1) is 7.57. The van der Waals surface area contributed by atoms with Gasteiger partial charge in [0.25, 0.3) is 0 Å². The van der Waals surface area contributed by atoms with Gasteiger partial charge < -0.3 is 9.84 Å². The van der Waals surface area contributed by atoms with Crippen molar-refractivity contribution in [3.8, 4) is 0 Å². The minimum atomic E-state index is -0.925. The van der Waals surface area contributed by atoms with Crippen molar-refractivity contribution in [1.29, 1.82) is 0 Å². The van der Waals surface area contributed by atoms with E-state index in [0.29, 0.717) is 6.61 Å². The summed E-state index contributed by atoms with van der Waals surface area (Å²) >= 11 is 0. The SMILES string of the molecule is CCCOC(C(=O)O)c1c(C)cccc1C. The Hall–Kier alpha value is -1.35. The summed E-state index contributed by atoms with van der Waals surface area (Å²) in [6.07, 6.45) is -0.0320. The van der Waals surface area contributed by atoms with Gasteiger partial charge in [-0.3, -0.25) is 0 Å². The van der Waals surface area contributed by atoms with E-state index in [0.717, 1.165) is 23.1 Å². The Bertz CT molecular complexity index is 351. The number of ether oxygens (including phenoxy) is 1. The minimum Gasteiger partial charge on any atom is -0.479 e. The number of hydrogen-bond donors (Lipinski definition) is 1.